The zero-order valence-corrected chi connectivity index (χ0v) is 11.5. The molecule has 1 atom stereocenters. The third-order valence-electron chi connectivity index (χ3n) is 2.76. The molecule has 1 aliphatic heterocycles. The smallest absolute Gasteiger partial charge is 0.245 e. The first-order chi connectivity index (χ1) is 9.04. The minimum Gasteiger partial charge on any atom is -0.324 e. The van der Waals surface area contributed by atoms with Gasteiger partial charge >= 0.3 is 0 Å². The van der Waals surface area contributed by atoms with Crippen LogP contribution in [0.15, 0.2) is 22.2 Å². The van der Waals surface area contributed by atoms with Crippen LogP contribution in [-0.2, 0) is 4.79 Å². The second-order valence-electron chi connectivity index (χ2n) is 4.14. The molecule has 19 heavy (non-hydrogen) atoms. The Labute approximate surface area is 118 Å². The van der Waals surface area contributed by atoms with Crippen molar-refractivity contribution in [1.82, 2.24) is 15.2 Å². The van der Waals surface area contributed by atoms with E-state index >= 15 is 0 Å². The Hall–Kier alpha value is -1.57. The summed E-state index contributed by atoms with van der Waals surface area (Å²) >= 11 is 7.52. The molecule has 1 amide bonds. The van der Waals surface area contributed by atoms with Gasteiger partial charge in [-0.15, -0.1) is 5.10 Å². The largest absolute Gasteiger partial charge is 0.324 e. The van der Waals surface area contributed by atoms with Crippen molar-refractivity contribution >= 4 is 35.0 Å². The minimum absolute atomic E-state index is 0.220. The minimum atomic E-state index is -0.655. The maximum absolute atomic E-state index is 11.5. The molecule has 0 radical (unpaired) electrons. The second kappa shape index (κ2) is 4.52. The summed E-state index contributed by atoms with van der Waals surface area (Å²) in [7, 11) is 0. The normalized spacial score (nSPS) is 17.4. The van der Waals surface area contributed by atoms with E-state index in [-0.39, 0.29) is 5.91 Å². The standard InChI is InChI=1S/C11H10ClN5OS/c1-4-14-11(17-16-4)19-8-3-7-5(2-6(8)12)9(13)10(18)15-7/h2-3,9H,13H2,1H3,(H,15,18)(H,14,16,17). The van der Waals surface area contributed by atoms with Crippen molar-refractivity contribution in [2.45, 2.75) is 23.0 Å². The molecule has 6 nitrogen and oxygen atoms in total. The summed E-state index contributed by atoms with van der Waals surface area (Å²) in [5, 5.41) is 10.6. The van der Waals surface area contributed by atoms with Gasteiger partial charge in [0.15, 0.2) is 0 Å². The molecular weight excluding hydrogens is 286 g/mol. The van der Waals surface area contributed by atoms with Gasteiger partial charge in [-0.05, 0) is 30.8 Å². The third-order valence-corrected chi connectivity index (χ3v) is 4.10. The number of benzene rings is 1. The van der Waals surface area contributed by atoms with E-state index in [0.717, 1.165) is 10.7 Å². The number of carbonyl (C=O) groups excluding carboxylic acids is 1. The lowest BCUT2D eigenvalue weighted by Gasteiger charge is -2.06. The molecular formula is C11H10ClN5OS. The number of nitrogens with one attached hydrogen (secondary N) is 2. The Morgan fingerprint density at radius 3 is 2.95 bits per heavy atom. The van der Waals surface area contributed by atoms with Crippen molar-refractivity contribution in [3.63, 3.8) is 0 Å². The highest BCUT2D eigenvalue weighted by atomic mass is 35.5. The van der Waals surface area contributed by atoms with Gasteiger partial charge in [-0.2, -0.15) is 0 Å². The number of H-pyrrole nitrogens is 1. The first kappa shape index (κ1) is 12.5. The summed E-state index contributed by atoms with van der Waals surface area (Å²) in [6.07, 6.45) is 0. The topological polar surface area (TPSA) is 96.7 Å². The number of aryl methyl sites for hydroxylation is 1. The third kappa shape index (κ3) is 2.20. The van der Waals surface area contributed by atoms with Crippen LogP contribution in [0, 0.1) is 6.92 Å². The number of nitrogens with zero attached hydrogens (tertiary/aromatic N) is 2. The van der Waals surface area contributed by atoms with E-state index in [1.807, 2.05) is 6.92 Å². The van der Waals surface area contributed by atoms with Crippen LogP contribution in [0.4, 0.5) is 5.69 Å². The molecule has 0 saturated carbocycles. The monoisotopic (exact) mass is 295 g/mol. The summed E-state index contributed by atoms with van der Waals surface area (Å²) in [6, 6.07) is 2.84. The van der Waals surface area contributed by atoms with E-state index in [9.17, 15) is 4.79 Å². The van der Waals surface area contributed by atoms with E-state index in [4.69, 9.17) is 17.3 Å². The number of rotatable bonds is 2. The lowest BCUT2D eigenvalue weighted by atomic mass is 10.1. The van der Waals surface area contributed by atoms with Crippen molar-refractivity contribution in [3.8, 4) is 0 Å². The summed E-state index contributed by atoms with van der Waals surface area (Å²) in [5.74, 6) is 0.511. The van der Waals surface area contributed by atoms with Crippen molar-refractivity contribution in [2.24, 2.45) is 5.73 Å². The van der Waals surface area contributed by atoms with Crippen LogP contribution >= 0.6 is 23.4 Å². The highest BCUT2D eigenvalue weighted by molar-refractivity contribution is 7.99. The Kier molecular flexibility index (Phi) is 2.96. The fourth-order valence-corrected chi connectivity index (χ4v) is 2.92. The maximum atomic E-state index is 11.5. The highest BCUT2D eigenvalue weighted by Gasteiger charge is 2.28. The number of aromatic amines is 1. The van der Waals surface area contributed by atoms with E-state index in [1.54, 1.807) is 12.1 Å². The fraction of sp³-hybridized carbons (Fsp3) is 0.182. The van der Waals surface area contributed by atoms with Gasteiger partial charge in [0, 0.05) is 16.1 Å². The molecule has 8 heteroatoms. The summed E-state index contributed by atoms with van der Waals surface area (Å²) in [5.41, 5.74) is 7.16. The number of hydrogen-bond donors (Lipinski definition) is 3. The number of aromatic nitrogens is 3. The van der Waals surface area contributed by atoms with Crippen LogP contribution in [0.3, 0.4) is 0 Å². The number of amides is 1. The highest BCUT2D eigenvalue weighted by Crippen LogP contribution is 2.39. The zero-order valence-electron chi connectivity index (χ0n) is 9.90. The average Bonchev–Trinajstić information content (AvgIpc) is 2.87. The van der Waals surface area contributed by atoms with Crippen LogP contribution in [0.25, 0.3) is 0 Å². The number of fused-ring (bicyclic) bond motifs is 1. The van der Waals surface area contributed by atoms with Gasteiger partial charge in [0.1, 0.15) is 11.9 Å². The van der Waals surface area contributed by atoms with Gasteiger partial charge < -0.3 is 11.1 Å². The van der Waals surface area contributed by atoms with Gasteiger partial charge in [-0.25, -0.2) is 4.98 Å². The lowest BCUT2D eigenvalue weighted by molar-refractivity contribution is -0.116. The van der Waals surface area contributed by atoms with E-state index in [1.165, 1.54) is 11.8 Å². The zero-order chi connectivity index (χ0) is 13.6. The van der Waals surface area contributed by atoms with E-state index in [0.29, 0.717) is 21.4 Å². The molecule has 1 aliphatic rings. The predicted octanol–water partition coefficient (Wildman–Crippen LogP) is 1.87. The molecule has 1 aromatic heterocycles. The average molecular weight is 296 g/mol. The Morgan fingerprint density at radius 2 is 2.26 bits per heavy atom. The van der Waals surface area contributed by atoms with Crippen LogP contribution in [-0.4, -0.2) is 21.1 Å². The lowest BCUT2D eigenvalue weighted by Crippen LogP contribution is -2.19. The van der Waals surface area contributed by atoms with E-state index < -0.39 is 6.04 Å². The van der Waals surface area contributed by atoms with Crippen LogP contribution < -0.4 is 11.1 Å². The fourth-order valence-electron chi connectivity index (χ4n) is 1.83. The molecule has 4 N–H and O–H groups in total. The molecule has 0 spiro atoms. The summed E-state index contributed by atoms with van der Waals surface area (Å²) in [6.45, 7) is 1.82. The van der Waals surface area contributed by atoms with E-state index in [2.05, 4.69) is 20.5 Å². The summed E-state index contributed by atoms with van der Waals surface area (Å²) < 4.78 is 0. The predicted molar refractivity (Wildman–Crippen MR) is 72.3 cm³/mol. The van der Waals surface area contributed by atoms with Crippen molar-refractivity contribution in [3.05, 3.63) is 28.5 Å². The maximum Gasteiger partial charge on any atom is 0.245 e. The molecule has 1 unspecified atom stereocenters. The van der Waals surface area contributed by atoms with Gasteiger partial charge in [-0.1, -0.05) is 11.6 Å². The Morgan fingerprint density at radius 1 is 1.47 bits per heavy atom. The molecule has 98 valence electrons. The number of anilines is 1. The molecule has 0 aliphatic carbocycles. The number of nitrogens with two attached hydrogens (primary N) is 1. The molecule has 0 fully saturated rings. The van der Waals surface area contributed by atoms with Gasteiger partial charge in [-0.3, -0.25) is 9.89 Å². The van der Waals surface area contributed by atoms with Gasteiger partial charge in [0.25, 0.3) is 0 Å². The molecule has 0 bridgehead atoms. The number of carbonyl (C=O) groups is 1. The molecule has 2 heterocycles. The van der Waals surface area contributed by atoms with Crippen LogP contribution in [0.5, 0.6) is 0 Å². The quantitative estimate of drug-likeness (QED) is 0.786. The Bertz CT molecular complexity index is 671. The van der Waals surface area contributed by atoms with Crippen molar-refractivity contribution in [2.75, 3.05) is 5.32 Å². The summed E-state index contributed by atoms with van der Waals surface area (Å²) in [4.78, 5) is 16.5. The van der Waals surface area contributed by atoms with Crippen LogP contribution in [0.1, 0.15) is 17.4 Å². The molecule has 0 saturated heterocycles. The first-order valence-electron chi connectivity index (χ1n) is 5.51. The van der Waals surface area contributed by atoms with Crippen LogP contribution in [0.2, 0.25) is 5.02 Å². The number of hydrogen-bond acceptors (Lipinski definition) is 5. The molecule has 1 aromatic carbocycles. The van der Waals surface area contributed by atoms with Gasteiger partial charge in [0.2, 0.25) is 11.1 Å². The second-order valence-corrected chi connectivity index (χ2v) is 5.56. The SMILES string of the molecule is Cc1nc(Sc2cc3c(cc2Cl)C(N)C(=O)N3)n[nH]1. The van der Waals surface area contributed by atoms with Gasteiger partial charge in [0.05, 0.1) is 5.02 Å². The van der Waals surface area contributed by atoms with Crippen molar-refractivity contribution in [1.29, 1.82) is 0 Å². The van der Waals surface area contributed by atoms with Crippen molar-refractivity contribution < 1.29 is 4.79 Å². The molecule has 3 rings (SSSR count). The first-order valence-corrected chi connectivity index (χ1v) is 6.71. The molecule has 2 aromatic rings. The Balaban J connectivity index is 1.96. The number of halogens is 1.